The first-order valence-corrected chi connectivity index (χ1v) is 6.64. The van der Waals surface area contributed by atoms with Crippen LogP contribution in [0.3, 0.4) is 0 Å². The van der Waals surface area contributed by atoms with E-state index in [0.717, 1.165) is 17.8 Å². The van der Waals surface area contributed by atoms with Gasteiger partial charge in [0.25, 0.3) is 5.56 Å². The van der Waals surface area contributed by atoms with Crippen molar-refractivity contribution in [2.45, 2.75) is 33.2 Å². The zero-order valence-electron chi connectivity index (χ0n) is 10.6. The predicted octanol–water partition coefficient (Wildman–Crippen LogP) is 2.54. The molecule has 1 N–H and O–H groups in total. The molecule has 0 saturated carbocycles. The lowest BCUT2D eigenvalue weighted by atomic mass is 10.1. The summed E-state index contributed by atoms with van der Waals surface area (Å²) in [5.41, 5.74) is 1.43. The van der Waals surface area contributed by atoms with Crippen LogP contribution < -0.4 is 5.56 Å². The van der Waals surface area contributed by atoms with Crippen molar-refractivity contribution in [2.75, 3.05) is 0 Å². The second kappa shape index (κ2) is 5.06. The molecule has 96 valence electrons. The highest BCUT2D eigenvalue weighted by atomic mass is 79.9. The number of hydrogen-bond acceptors (Lipinski definition) is 3. The second-order valence-electron chi connectivity index (χ2n) is 4.35. The number of nitrogens with one attached hydrogen (secondary N) is 1. The van der Waals surface area contributed by atoms with Gasteiger partial charge in [-0.1, -0.05) is 13.8 Å². The summed E-state index contributed by atoms with van der Waals surface area (Å²) in [5.74, 6) is 0.744. The van der Waals surface area contributed by atoms with E-state index in [9.17, 15) is 4.79 Å². The third-order valence-corrected chi connectivity index (χ3v) is 3.43. The highest BCUT2D eigenvalue weighted by Gasteiger charge is 2.13. The van der Waals surface area contributed by atoms with Crippen LogP contribution in [0.2, 0.25) is 0 Å². The molecule has 0 aliphatic heterocycles. The van der Waals surface area contributed by atoms with Gasteiger partial charge in [-0.15, -0.1) is 0 Å². The summed E-state index contributed by atoms with van der Waals surface area (Å²) in [7, 11) is 0. The normalized spacial score (nSPS) is 11.2. The molecule has 18 heavy (non-hydrogen) atoms. The lowest BCUT2D eigenvalue weighted by Gasteiger charge is -2.08. The molecule has 0 bridgehead atoms. The molecule has 0 aromatic carbocycles. The summed E-state index contributed by atoms with van der Waals surface area (Å²) in [5, 5.41) is 4.18. The van der Waals surface area contributed by atoms with E-state index in [0.29, 0.717) is 10.3 Å². The van der Waals surface area contributed by atoms with Gasteiger partial charge in [-0.3, -0.25) is 9.48 Å². The summed E-state index contributed by atoms with van der Waals surface area (Å²) >= 11 is 3.28. The van der Waals surface area contributed by atoms with Crippen LogP contribution in [0.5, 0.6) is 0 Å². The lowest BCUT2D eigenvalue weighted by molar-refractivity contribution is 0.660. The smallest absolute Gasteiger partial charge is 0.265 e. The average Bonchev–Trinajstić information content (AvgIpc) is 2.80. The van der Waals surface area contributed by atoms with Gasteiger partial charge in [0.15, 0.2) is 0 Å². The number of rotatable bonds is 3. The monoisotopic (exact) mass is 310 g/mol. The Hall–Kier alpha value is -1.43. The number of aromatic nitrogens is 4. The Morgan fingerprint density at radius 1 is 1.50 bits per heavy atom. The van der Waals surface area contributed by atoms with Crippen LogP contribution in [0.4, 0.5) is 0 Å². The Labute approximate surface area is 113 Å². The molecule has 6 heteroatoms. The van der Waals surface area contributed by atoms with Crippen LogP contribution in [0.15, 0.2) is 21.7 Å². The zero-order chi connectivity index (χ0) is 13.3. The molecule has 0 fully saturated rings. The minimum atomic E-state index is -0.159. The third-order valence-electron chi connectivity index (χ3n) is 2.67. The van der Waals surface area contributed by atoms with E-state index < -0.39 is 0 Å². The van der Waals surface area contributed by atoms with Crippen LogP contribution in [0, 0.1) is 0 Å². The first kappa shape index (κ1) is 13.0. The van der Waals surface area contributed by atoms with E-state index in [4.69, 9.17) is 0 Å². The Kier molecular flexibility index (Phi) is 3.65. The maximum atomic E-state index is 11.8. The van der Waals surface area contributed by atoms with E-state index >= 15 is 0 Å². The zero-order valence-corrected chi connectivity index (χ0v) is 12.2. The number of aromatic amines is 1. The molecule has 0 aliphatic carbocycles. The van der Waals surface area contributed by atoms with Crippen LogP contribution in [-0.4, -0.2) is 19.7 Å². The van der Waals surface area contributed by atoms with Crippen molar-refractivity contribution in [2.24, 2.45) is 0 Å². The third kappa shape index (κ3) is 2.38. The van der Waals surface area contributed by atoms with E-state index in [-0.39, 0.29) is 11.5 Å². The van der Waals surface area contributed by atoms with E-state index in [1.54, 1.807) is 10.9 Å². The molecular formula is C12H15BrN4O. The fourth-order valence-corrected chi connectivity index (χ4v) is 2.30. The van der Waals surface area contributed by atoms with Crippen LogP contribution in [-0.2, 0) is 6.54 Å². The van der Waals surface area contributed by atoms with Crippen molar-refractivity contribution in [1.29, 1.82) is 0 Å². The molecule has 0 unspecified atom stereocenters. The molecule has 5 nitrogen and oxygen atoms in total. The van der Waals surface area contributed by atoms with Gasteiger partial charge in [-0.25, -0.2) is 4.98 Å². The van der Waals surface area contributed by atoms with E-state index in [2.05, 4.69) is 31.0 Å². The number of halogens is 1. The first-order valence-electron chi connectivity index (χ1n) is 5.85. The van der Waals surface area contributed by atoms with Gasteiger partial charge < -0.3 is 4.98 Å². The van der Waals surface area contributed by atoms with Crippen molar-refractivity contribution in [3.05, 3.63) is 32.9 Å². The predicted molar refractivity (Wildman–Crippen MR) is 73.5 cm³/mol. The molecule has 0 aliphatic rings. The van der Waals surface area contributed by atoms with Gasteiger partial charge in [0.2, 0.25) is 0 Å². The number of H-pyrrole nitrogens is 1. The molecular weight excluding hydrogens is 296 g/mol. The molecule has 2 rings (SSSR count). The second-order valence-corrected chi connectivity index (χ2v) is 5.15. The van der Waals surface area contributed by atoms with Crippen LogP contribution >= 0.6 is 15.9 Å². The maximum Gasteiger partial charge on any atom is 0.265 e. The van der Waals surface area contributed by atoms with Crippen LogP contribution in [0.1, 0.15) is 32.4 Å². The summed E-state index contributed by atoms with van der Waals surface area (Å²) in [6.45, 7) is 6.81. The van der Waals surface area contributed by atoms with Crippen molar-refractivity contribution >= 4 is 15.9 Å². The molecule has 0 radical (unpaired) electrons. The van der Waals surface area contributed by atoms with E-state index in [1.165, 1.54) is 0 Å². The highest BCUT2D eigenvalue weighted by molar-refractivity contribution is 9.10. The SMILES string of the molecule is CCn1cc(-c2nc(C(C)C)c(Br)c(=O)[nH]2)cn1. The van der Waals surface area contributed by atoms with Gasteiger partial charge in [0, 0.05) is 12.7 Å². The van der Waals surface area contributed by atoms with Crippen molar-refractivity contribution in [3.8, 4) is 11.4 Å². The summed E-state index contributed by atoms with van der Waals surface area (Å²) in [6, 6.07) is 0. The molecule has 0 atom stereocenters. The molecule has 0 saturated heterocycles. The molecule has 0 spiro atoms. The standard InChI is InChI=1S/C12H15BrN4O/c1-4-17-6-8(5-14-17)11-15-10(7(2)3)9(13)12(18)16-11/h5-7H,4H2,1-3H3,(H,15,16,18). The molecule has 2 heterocycles. The average molecular weight is 311 g/mol. The summed E-state index contributed by atoms with van der Waals surface area (Å²) < 4.78 is 2.30. The topological polar surface area (TPSA) is 63.6 Å². The largest absolute Gasteiger partial charge is 0.305 e. The van der Waals surface area contributed by atoms with Gasteiger partial charge in [-0.2, -0.15) is 5.10 Å². The fourth-order valence-electron chi connectivity index (χ4n) is 1.65. The molecule has 2 aromatic heterocycles. The lowest BCUT2D eigenvalue weighted by Crippen LogP contribution is -2.14. The van der Waals surface area contributed by atoms with Gasteiger partial charge in [0.05, 0.1) is 17.5 Å². The van der Waals surface area contributed by atoms with Gasteiger partial charge in [-0.05, 0) is 28.8 Å². The Bertz CT molecular complexity index is 615. The quantitative estimate of drug-likeness (QED) is 0.947. The van der Waals surface area contributed by atoms with Crippen molar-refractivity contribution in [3.63, 3.8) is 0 Å². The van der Waals surface area contributed by atoms with E-state index in [1.807, 2.05) is 27.0 Å². The maximum absolute atomic E-state index is 11.8. The van der Waals surface area contributed by atoms with Crippen molar-refractivity contribution < 1.29 is 0 Å². The van der Waals surface area contributed by atoms with Gasteiger partial charge in [0.1, 0.15) is 10.3 Å². The van der Waals surface area contributed by atoms with Crippen molar-refractivity contribution in [1.82, 2.24) is 19.7 Å². The molecule has 2 aromatic rings. The van der Waals surface area contributed by atoms with Crippen LogP contribution in [0.25, 0.3) is 11.4 Å². The Morgan fingerprint density at radius 3 is 2.78 bits per heavy atom. The molecule has 0 amide bonds. The number of hydrogen-bond donors (Lipinski definition) is 1. The number of aryl methyl sites for hydroxylation is 1. The highest BCUT2D eigenvalue weighted by Crippen LogP contribution is 2.22. The Balaban J connectivity index is 2.55. The minimum absolute atomic E-state index is 0.159. The Morgan fingerprint density at radius 2 is 2.22 bits per heavy atom. The minimum Gasteiger partial charge on any atom is -0.305 e. The summed E-state index contributed by atoms with van der Waals surface area (Å²) in [4.78, 5) is 19.1. The summed E-state index contributed by atoms with van der Waals surface area (Å²) in [6.07, 6.45) is 3.58. The van der Waals surface area contributed by atoms with Gasteiger partial charge >= 0.3 is 0 Å². The first-order chi connectivity index (χ1) is 8.52. The number of nitrogens with zero attached hydrogens (tertiary/aromatic N) is 3. The fraction of sp³-hybridized carbons (Fsp3) is 0.417.